The molecular formula is C30H50N2O5. The zero-order chi connectivity index (χ0) is 27.1. The molecule has 4 fully saturated rings. The van der Waals surface area contributed by atoms with Crippen LogP contribution in [-0.4, -0.2) is 47.6 Å². The lowest BCUT2D eigenvalue weighted by molar-refractivity contribution is -0.167. The monoisotopic (exact) mass is 518 g/mol. The summed E-state index contributed by atoms with van der Waals surface area (Å²) in [6.45, 7) is 10.1. The Kier molecular flexibility index (Phi) is 8.45. The first kappa shape index (κ1) is 28.5. The van der Waals surface area contributed by atoms with E-state index >= 15 is 0 Å². The van der Waals surface area contributed by atoms with E-state index in [9.17, 15) is 19.5 Å². The lowest BCUT2D eigenvalue weighted by Crippen LogP contribution is -2.55. The number of amides is 1. The Labute approximate surface area is 223 Å². The highest BCUT2D eigenvalue weighted by Gasteiger charge is 2.61. The molecule has 0 aromatic rings. The maximum absolute atomic E-state index is 13.2. The van der Waals surface area contributed by atoms with Crippen LogP contribution in [0.5, 0.6) is 0 Å². The number of nitrogens with two attached hydrogens (primary N) is 1. The van der Waals surface area contributed by atoms with Crippen LogP contribution in [0.4, 0.5) is 0 Å². The van der Waals surface area contributed by atoms with Crippen molar-refractivity contribution in [3.8, 4) is 0 Å². The third kappa shape index (κ3) is 5.11. The summed E-state index contributed by atoms with van der Waals surface area (Å²) >= 11 is 0. The van der Waals surface area contributed by atoms with Crippen molar-refractivity contribution in [1.29, 1.82) is 0 Å². The van der Waals surface area contributed by atoms with Crippen LogP contribution in [0.1, 0.15) is 98.8 Å². The Morgan fingerprint density at radius 1 is 1.03 bits per heavy atom. The molecule has 0 aromatic heterocycles. The number of hydrogen-bond donors (Lipinski definition) is 3. The highest BCUT2D eigenvalue weighted by molar-refractivity contribution is 5.87. The van der Waals surface area contributed by atoms with Crippen molar-refractivity contribution in [3.63, 3.8) is 0 Å². The quantitative estimate of drug-likeness (QED) is 0.418. The number of rotatable bonds is 8. The van der Waals surface area contributed by atoms with Crippen molar-refractivity contribution in [1.82, 2.24) is 5.32 Å². The van der Waals surface area contributed by atoms with Crippen LogP contribution >= 0.6 is 0 Å². The lowest BCUT2D eigenvalue weighted by Gasteiger charge is -2.61. The number of hydrogen-bond acceptors (Lipinski definition) is 6. The van der Waals surface area contributed by atoms with E-state index in [0.717, 1.165) is 32.1 Å². The number of nitrogens with one attached hydrogen (secondary N) is 1. The fraction of sp³-hybridized carbons (Fsp3) is 0.900. The summed E-state index contributed by atoms with van der Waals surface area (Å²) in [4.78, 5) is 37.9. The number of fused-ring (bicyclic) bond motifs is 5. The summed E-state index contributed by atoms with van der Waals surface area (Å²) in [5.74, 6) is 2.23. The molecule has 1 amide bonds. The van der Waals surface area contributed by atoms with E-state index in [1.54, 1.807) is 6.92 Å². The van der Waals surface area contributed by atoms with Gasteiger partial charge >= 0.3 is 5.97 Å². The van der Waals surface area contributed by atoms with Crippen molar-refractivity contribution >= 4 is 17.7 Å². The van der Waals surface area contributed by atoms with E-state index in [2.05, 4.69) is 19.2 Å². The summed E-state index contributed by atoms with van der Waals surface area (Å²) in [5, 5.41) is 11.9. The van der Waals surface area contributed by atoms with E-state index in [1.807, 2.05) is 13.8 Å². The Hall–Kier alpha value is -1.47. The Morgan fingerprint density at radius 3 is 2.35 bits per heavy atom. The number of esters is 1. The predicted octanol–water partition coefficient (Wildman–Crippen LogP) is 4.00. The molecule has 4 N–H and O–H groups in total. The molecule has 1 unspecified atom stereocenters. The summed E-state index contributed by atoms with van der Waals surface area (Å²) in [6, 6.07) is -1.81. The van der Waals surface area contributed by atoms with E-state index in [4.69, 9.17) is 10.5 Å². The van der Waals surface area contributed by atoms with Gasteiger partial charge in [-0.15, -0.1) is 0 Å². The SMILES string of the molecule is CCC(C)[C@H](NC(=O)[C@@H](N)CO)C(=O)O[C@@H]1CC[C@@]2(C)[C@@H](CC[C@@H]3[C@@H]2CC[C@]2(C)[C@@H](C(C)=O)CC[C@@H]32)C1. The van der Waals surface area contributed by atoms with Gasteiger partial charge in [0.1, 0.15) is 24.0 Å². The fourth-order valence-electron chi connectivity index (χ4n) is 9.24. The number of carbonyl (C=O) groups is 3. The van der Waals surface area contributed by atoms with Crippen LogP contribution in [0.15, 0.2) is 0 Å². The maximum atomic E-state index is 13.2. The lowest BCUT2D eigenvalue weighted by atomic mass is 9.44. The van der Waals surface area contributed by atoms with Gasteiger partial charge < -0.3 is 20.9 Å². The summed E-state index contributed by atoms with van der Waals surface area (Å²) in [7, 11) is 0. The van der Waals surface area contributed by atoms with E-state index in [0.29, 0.717) is 35.9 Å². The van der Waals surface area contributed by atoms with E-state index < -0.39 is 24.6 Å². The average Bonchev–Trinajstić information content (AvgIpc) is 3.23. The van der Waals surface area contributed by atoms with Gasteiger partial charge in [-0.1, -0.05) is 34.1 Å². The van der Waals surface area contributed by atoms with Crippen LogP contribution < -0.4 is 11.1 Å². The van der Waals surface area contributed by atoms with Gasteiger partial charge in [0, 0.05) is 5.92 Å². The molecule has 210 valence electrons. The standard InChI is InChI=1S/C30H50N2O5/c1-6-17(2)26(32-27(35)25(31)16-33)28(36)37-20-11-13-29(4)19(15-20)7-8-21-23-10-9-22(18(3)34)30(23,5)14-12-24(21)29/h17,19-26,33H,6-16,31H2,1-5H3,(H,32,35)/t17?,19-,20+,21-,22+,23-,24-,25-,26-,29-,30+/m0/s1. The fourth-order valence-corrected chi connectivity index (χ4v) is 9.24. The number of aliphatic hydroxyl groups excluding tert-OH is 1. The topological polar surface area (TPSA) is 119 Å². The minimum Gasteiger partial charge on any atom is -0.461 e. The van der Waals surface area contributed by atoms with Crippen molar-refractivity contribution in [2.45, 2.75) is 117 Å². The molecule has 4 aliphatic carbocycles. The second-order valence-electron chi connectivity index (χ2n) is 13.4. The minimum atomic E-state index is -1.05. The minimum absolute atomic E-state index is 0.0894. The van der Waals surface area contributed by atoms with Gasteiger partial charge in [0.2, 0.25) is 5.91 Å². The van der Waals surface area contributed by atoms with Crippen molar-refractivity contribution in [2.75, 3.05) is 6.61 Å². The average molecular weight is 519 g/mol. The van der Waals surface area contributed by atoms with Gasteiger partial charge in [-0.05, 0) is 105 Å². The molecule has 7 heteroatoms. The molecule has 0 aliphatic heterocycles. The van der Waals surface area contributed by atoms with E-state index in [1.165, 1.54) is 25.7 Å². The Morgan fingerprint density at radius 2 is 1.70 bits per heavy atom. The van der Waals surface area contributed by atoms with Gasteiger partial charge in [0.05, 0.1) is 6.61 Å². The predicted molar refractivity (Wildman–Crippen MR) is 142 cm³/mol. The zero-order valence-electron chi connectivity index (χ0n) is 23.6. The van der Waals surface area contributed by atoms with Crippen LogP contribution in [0.25, 0.3) is 0 Å². The zero-order valence-corrected chi connectivity index (χ0v) is 23.6. The third-order valence-corrected chi connectivity index (χ3v) is 11.7. The van der Waals surface area contributed by atoms with Gasteiger partial charge in [-0.25, -0.2) is 4.79 Å². The van der Waals surface area contributed by atoms with Gasteiger partial charge in [0.25, 0.3) is 0 Å². The summed E-state index contributed by atoms with van der Waals surface area (Å²) in [6.07, 6.45) is 10.4. The first-order chi connectivity index (χ1) is 17.5. The molecule has 0 radical (unpaired) electrons. The highest BCUT2D eigenvalue weighted by atomic mass is 16.5. The largest absolute Gasteiger partial charge is 0.461 e. The molecule has 7 nitrogen and oxygen atoms in total. The molecule has 0 aromatic carbocycles. The molecule has 4 saturated carbocycles. The number of aliphatic hydroxyl groups is 1. The van der Waals surface area contributed by atoms with Crippen LogP contribution in [0.2, 0.25) is 0 Å². The van der Waals surface area contributed by atoms with Gasteiger partial charge in [0.15, 0.2) is 0 Å². The summed E-state index contributed by atoms with van der Waals surface area (Å²) < 4.78 is 6.05. The van der Waals surface area contributed by atoms with Gasteiger partial charge in [-0.3, -0.25) is 9.59 Å². The molecule has 0 bridgehead atoms. The normalized spacial score (nSPS) is 41.4. The highest BCUT2D eigenvalue weighted by Crippen LogP contribution is 2.67. The molecule has 0 spiro atoms. The first-order valence-corrected chi connectivity index (χ1v) is 14.8. The second-order valence-corrected chi connectivity index (χ2v) is 13.4. The molecule has 0 saturated heterocycles. The number of carbonyl (C=O) groups excluding carboxylic acids is 3. The molecule has 4 rings (SSSR count). The van der Waals surface area contributed by atoms with Crippen molar-refractivity contribution in [2.24, 2.45) is 52.1 Å². The van der Waals surface area contributed by atoms with Crippen LogP contribution in [0, 0.1) is 46.3 Å². The van der Waals surface area contributed by atoms with Gasteiger partial charge in [-0.2, -0.15) is 0 Å². The second kappa shape index (κ2) is 11.0. The first-order valence-electron chi connectivity index (χ1n) is 14.8. The number of ether oxygens (including phenoxy) is 1. The molecule has 11 atom stereocenters. The molecular weight excluding hydrogens is 468 g/mol. The Bertz CT molecular complexity index is 878. The van der Waals surface area contributed by atoms with E-state index in [-0.39, 0.29) is 34.7 Å². The number of ketones is 1. The Balaban J connectivity index is 1.41. The maximum Gasteiger partial charge on any atom is 0.329 e. The van der Waals surface area contributed by atoms with Crippen molar-refractivity contribution < 1.29 is 24.2 Å². The van der Waals surface area contributed by atoms with Crippen LogP contribution in [0.3, 0.4) is 0 Å². The molecule has 0 heterocycles. The smallest absolute Gasteiger partial charge is 0.329 e. The van der Waals surface area contributed by atoms with Crippen LogP contribution in [-0.2, 0) is 19.1 Å². The summed E-state index contributed by atoms with van der Waals surface area (Å²) in [5.41, 5.74) is 6.11. The number of Topliss-reactive ketones (excluding diaryl/α,β-unsaturated/α-hetero) is 1. The van der Waals surface area contributed by atoms with Crippen molar-refractivity contribution in [3.05, 3.63) is 0 Å². The third-order valence-electron chi connectivity index (χ3n) is 11.7. The molecule has 37 heavy (non-hydrogen) atoms. The molecule has 4 aliphatic rings.